The highest BCUT2D eigenvalue weighted by atomic mass is 32.1. The van der Waals surface area contributed by atoms with E-state index in [1.807, 2.05) is 47.8 Å². The summed E-state index contributed by atoms with van der Waals surface area (Å²) < 4.78 is 4.67. The van der Waals surface area contributed by atoms with E-state index in [2.05, 4.69) is 4.74 Å². The normalized spacial score (nSPS) is 10.1. The first kappa shape index (κ1) is 15.3. The predicted molar refractivity (Wildman–Crippen MR) is 81.9 cm³/mol. The molecule has 2 aromatic rings. The van der Waals surface area contributed by atoms with Gasteiger partial charge in [-0.05, 0) is 17.0 Å². The second-order valence-electron chi connectivity index (χ2n) is 4.57. The van der Waals surface area contributed by atoms with Crippen LogP contribution in [0.2, 0.25) is 0 Å². The quantitative estimate of drug-likeness (QED) is 0.770. The summed E-state index contributed by atoms with van der Waals surface area (Å²) in [5.74, 6) is -0.489. The van der Waals surface area contributed by atoms with Crippen molar-refractivity contribution in [1.29, 1.82) is 0 Å². The maximum Gasteiger partial charge on any atom is 0.325 e. The summed E-state index contributed by atoms with van der Waals surface area (Å²) in [5.41, 5.74) is 0.987. The van der Waals surface area contributed by atoms with Gasteiger partial charge in [0.05, 0.1) is 13.5 Å². The molecule has 0 saturated heterocycles. The molecule has 1 heterocycles. The molecule has 0 radical (unpaired) electrons. The summed E-state index contributed by atoms with van der Waals surface area (Å²) >= 11 is 1.54. The Bertz CT molecular complexity index is 581. The van der Waals surface area contributed by atoms with Crippen LogP contribution in [-0.4, -0.2) is 30.4 Å². The van der Waals surface area contributed by atoms with Gasteiger partial charge in [-0.3, -0.25) is 9.59 Å². The van der Waals surface area contributed by atoms with Gasteiger partial charge in [-0.2, -0.15) is 0 Å². The number of esters is 1. The lowest BCUT2D eigenvalue weighted by molar-refractivity contribution is -0.147. The average molecular weight is 303 g/mol. The molecule has 5 heteroatoms. The number of rotatable bonds is 6. The molecule has 0 aliphatic heterocycles. The average Bonchev–Trinajstić information content (AvgIpc) is 3.00. The highest BCUT2D eigenvalue weighted by Gasteiger charge is 2.18. The fourth-order valence-electron chi connectivity index (χ4n) is 1.93. The van der Waals surface area contributed by atoms with Crippen molar-refractivity contribution in [3.8, 4) is 0 Å². The Balaban J connectivity index is 2.07. The molecule has 4 nitrogen and oxygen atoms in total. The first-order valence-corrected chi connectivity index (χ1v) is 7.48. The van der Waals surface area contributed by atoms with E-state index in [1.54, 1.807) is 0 Å². The zero-order valence-corrected chi connectivity index (χ0v) is 12.6. The molecule has 21 heavy (non-hydrogen) atoms. The third-order valence-corrected chi connectivity index (χ3v) is 3.90. The number of amides is 1. The van der Waals surface area contributed by atoms with E-state index in [0.29, 0.717) is 13.0 Å². The standard InChI is InChI=1S/C16H17NO3S/c1-20-16(19)12-17(11-13-6-3-2-4-7-13)15(18)10-14-8-5-9-21-14/h2-9H,10-12H2,1H3. The smallest absolute Gasteiger partial charge is 0.325 e. The molecule has 1 aromatic carbocycles. The van der Waals surface area contributed by atoms with Crippen LogP contribution in [0.3, 0.4) is 0 Å². The number of thiophene rings is 1. The number of nitrogens with zero attached hydrogens (tertiary/aromatic N) is 1. The minimum absolute atomic E-state index is 0.0321. The molecule has 0 spiro atoms. The zero-order valence-electron chi connectivity index (χ0n) is 11.8. The Morgan fingerprint density at radius 3 is 2.52 bits per heavy atom. The zero-order chi connectivity index (χ0) is 15.1. The topological polar surface area (TPSA) is 46.6 Å². The summed E-state index contributed by atoms with van der Waals surface area (Å²) in [6.07, 6.45) is 0.307. The van der Waals surface area contributed by atoms with Crippen molar-refractivity contribution in [3.63, 3.8) is 0 Å². The van der Waals surface area contributed by atoms with Crippen molar-refractivity contribution in [2.24, 2.45) is 0 Å². The van der Waals surface area contributed by atoms with Crippen LogP contribution < -0.4 is 0 Å². The van der Waals surface area contributed by atoms with Crippen LogP contribution in [0, 0.1) is 0 Å². The van der Waals surface area contributed by atoms with Crippen LogP contribution >= 0.6 is 11.3 Å². The number of ether oxygens (including phenoxy) is 1. The van der Waals surface area contributed by atoms with Gasteiger partial charge >= 0.3 is 5.97 Å². The van der Waals surface area contributed by atoms with Gasteiger partial charge < -0.3 is 9.64 Å². The fraction of sp³-hybridized carbons (Fsp3) is 0.250. The highest BCUT2D eigenvalue weighted by molar-refractivity contribution is 7.10. The van der Waals surface area contributed by atoms with Crippen molar-refractivity contribution >= 4 is 23.2 Å². The van der Waals surface area contributed by atoms with Crippen LogP contribution in [0.5, 0.6) is 0 Å². The van der Waals surface area contributed by atoms with E-state index in [0.717, 1.165) is 10.4 Å². The van der Waals surface area contributed by atoms with Crippen molar-refractivity contribution in [1.82, 2.24) is 4.90 Å². The van der Waals surface area contributed by atoms with Crippen molar-refractivity contribution < 1.29 is 14.3 Å². The maximum absolute atomic E-state index is 12.4. The molecule has 0 unspecified atom stereocenters. The second-order valence-corrected chi connectivity index (χ2v) is 5.60. The number of carbonyl (C=O) groups is 2. The Hall–Kier alpha value is -2.14. The van der Waals surface area contributed by atoms with Gasteiger partial charge in [0.25, 0.3) is 0 Å². The molecule has 110 valence electrons. The van der Waals surface area contributed by atoms with Crippen LogP contribution in [0.25, 0.3) is 0 Å². The number of benzene rings is 1. The van der Waals surface area contributed by atoms with Gasteiger partial charge in [0.2, 0.25) is 5.91 Å². The molecule has 0 saturated carbocycles. The Morgan fingerprint density at radius 1 is 1.14 bits per heavy atom. The van der Waals surface area contributed by atoms with Gasteiger partial charge in [0.15, 0.2) is 0 Å². The lowest BCUT2D eigenvalue weighted by atomic mass is 10.2. The second kappa shape index (κ2) is 7.59. The van der Waals surface area contributed by atoms with Gasteiger partial charge in [0.1, 0.15) is 6.54 Å². The van der Waals surface area contributed by atoms with Crippen LogP contribution in [0.1, 0.15) is 10.4 Å². The lowest BCUT2D eigenvalue weighted by Crippen LogP contribution is -2.36. The van der Waals surface area contributed by atoms with Crippen molar-refractivity contribution in [2.75, 3.05) is 13.7 Å². The predicted octanol–water partition coefficient (Wildman–Crippen LogP) is 2.49. The highest BCUT2D eigenvalue weighted by Crippen LogP contribution is 2.12. The van der Waals surface area contributed by atoms with E-state index >= 15 is 0 Å². The Morgan fingerprint density at radius 2 is 1.90 bits per heavy atom. The van der Waals surface area contributed by atoms with Gasteiger partial charge in [0, 0.05) is 11.4 Å². The largest absolute Gasteiger partial charge is 0.468 e. The number of methoxy groups -OCH3 is 1. The number of hydrogen-bond donors (Lipinski definition) is 0. The fourth-order valence-corrected chi connectivity index (χ4v) is 2.63. The third-order valence-electron chi connectivity index (χ3n) is 3.02. The minimum Gasteiger partial charge on any atom is -0.468 e. The lowest BCUT2D eigenvalue weighted by Gasteiger charge is -2.21. The van der Waals surface area contributed by atoms with Crippen LogP contribution in [-0.2, 0) is 27.3 Å². The molecular formula is C16H17NO3S. The molecule has 0 fully saturated rings. The van der Waals surface area contributed by atoms with Crippen molar-refractivity contribution in [2.45, 2.75) is 13.0 Å². The molecule has 0 aliphatic rings. The van der Waals surface area contributed by atoms with E-state index < -0.39 is 5.97 Å². The molecule has 0 atom stereocenters. The van der Waals surface area contributed by atoms with Crippen molar-refractivity contribution in [3.05, 3.63) is 58.3 Å². The molecule has 0 aliphatic carbocycles. The van der Waals surface area contributed by atoms with E-state index in [1.165, 1.54) is 23.3 Å². The molecule has 2 rings (SSSR count). The van der Waals surface area contributed by atoms with Gasteiger partial charge in [-0.1, -0.05) is 36.4 Å². The minimum atomic E-state index is -0.412. The third kappa shape index (κ3) is 4.72. The summed E-state index contributed by atoms with van der Waals surface area (Å²) in [7, 11) is 1.33. The van der Waals surface area contributed by atoms with E-state index in [4.69, 9.17) is 0 Å². The SMILES string of the molecule is COC(=O)CN(Cc1ccccc1)C(=O)Cc1cccs1. The first-order valence-electron chi connectivity index (χ1n) is 6.60. The molecule has 1 amide bonds. The summed E-state index contributed by atoms with van der Waals surface area (Å²) in [6.45, 7) is 0.371. The van der Waals surface area contributed by atoms with Crippen LogP contribution in [0.4, 0.5) is 0 Å². The first-order chi connectivity index (χ1) is 10.2. The number of hydrogen-bond acceptors (Lipinski definition) is 4. The molecule has 1 aromatic heterocycles. The summed E-state index contributed by atoms with van der Waals surface area (Å²) in [5, 5.41) is 1.93. The van der Waals surface area contributed by atoms with E-state index in [9.17, 15) is 9.59 Å². The van der Waals surface area contributed by atoms with Crippen LogP contribution in [0.15, 0.2) is 47.8 Å². The van der Waals surface area contributed by atoms with Gasteiger partial charge in [-0.15, -0.1) is 11.3 Å². The summed E-state index contributed by atoms with van der Waals surface area (Å²) in [4.78, 5) is 26.4. The monoisotopic (exact) mass is 303 g/mol. The molecular weight excluding hydrogens is 286 g/mol. The van der Waals surface area contributed by atoms with Gasteiger partial charge in [-0.25, -0.2) is 0 Å². The Labute approximate surface area is 128 Å². The van der Waals surface area contributed by atoms with E-state index in [-0.39, 0.29) is 12.5 Å². The Kier molecular flexibility index (Phi) is 5.51. The summed E-state index contributed by atoms with van der Waals surface area (Å²) in [6, 6.07) is 13.4. The maximum atomic E-state index is 12.4. The molecule has 0 N–H and O–H groups in total. The number of carbonyl (C=O) groups excluding carboxylic acids is 2. The molecule has 0 bridgehead atoms.